The molecular weight excluding hydrogens is 373 g/mol. The van der Waals surface area contributed by atoms with Crippen LogP contribution in [0.3, 0.4) is 0 Å². The summed E-state index contributed by atoms with van der Waals surface area (Å²) in [4.78, 5) is 20.7. The van der Waals surface area contributed by atoms with Crippen LogP contribution in [0.5, 0.6) is 0 Å². The summed E-state index contributed by atoms with van der Waals surface area (Å²) in [5.41, 5.74) is 1.95. The lowest BCUT2D eigenvalue weighted by Gasteiger charge is -2.25. The van der Waals surface area contributed by atoms with Crippen molar-refractivity contribution in [2.45, 2.75) is 25.2 Å². The summed E-state index contributed by atoms with van der Waals surface area (Å²) >= 11 is 1.54. The molecule has 0 saturated carbocycles. The molecule has 3 rings (SSSR count). The zero-order valence-electron chi connectivity index (χ0n) is 13.5. The average Bonchev–Trinajstić information content (AvgIpc) is 3.26. The Morgan fingerprint density at radius 3 is 2.77 bits per heavy atom. The second kappa shape index (κ2) is 8.81. The van der Waals surface area contributed by atoms with E-state index in [0.717, 1.165) is 25.1 Å². The molecule has 1 unspecified atom stereocenters. The molecule has 1 aliphatic heterocycles. The lowest BCUT2D eigenvalue weighted by atomic mass is 10.1. The van der Waals surface area contributed by atoms with Crippen molar-refractivity contribution in [1.82, 2.24) is 20.4 Å². The van der Waals surface area contributed by atoms with Gasteiger partial charge in [0.25, 0.3) is 5.91 Å². The van der Waals surface area contributed by atoms with E-state index in [2.05, 4.69) is 20.4 Å². The van der Waals surface area contributed by atoms with Crippen LogP contribution in [0.25, 0.3) is 0 Å². The van der Waals surface area contributed by atoms with Crippen molar-refractivity contribution in [3.63, 3.8) is 0 Å². The first-order chi connectivity index (χ1) is 12.3. The van der Waals surface area contributed by atoms with Crippen LogP contribution in [-0.2, 0) is 11.3 Å². The highest BCUT2D eigenvalue weighted by Crippen LogP contribution is 2.16. The molecule has 2 aromatic rings. The van der Waals surface area contributed by atoms with E-state index in [1.165, 1.54) is 17.0 Å². The molecule has 0 saturated heterocycles. The number of rotatable bonds is 4. The third-order valence-electron chi connectivity index (χ3n) is 3.57. The van der Waals surface area contributed by atoms with E-state index in [1.54, 1.807) is 0 Å². The third kappa shape index (κ3) is 5.56. The second-order valence-electron chi connectivity index (χ2n) is 5.41. The van der Waals surface area contributed by atoms with E-state index < -0.39 is 12.1 Å². The molecule has 0 aromatic carbocycles. The molecular formula is C15H17F3N4O3S. The summed E-state index contributed by atoms with van der Waals surface area (Å²) < 4.78 is 33.8. The second-order valence-corrected chi connectivity index (χ2v) is 6.19. The molecule has 142 valence electrons. The largest absolute Gasteiger partial charge is 0.490 e. The summed E-state index contributed by atoms with van der Waals surface area (Å²) in [6.45, 7) is 2.45. The number of aromatic nitrogens is 2. The highest BCUT2D eigenvalue weighted by molar-refractivity contribution is 7.08. The van der Waals surface area contributed by atoms with Gasteiger partial charge in [-0.25, -0.2) is 4.79 Å². The Labute approximate surface area is 150 Å². The van der Waals surface area contributed by atoms with E-state index in [-0.39, 0.29) is 5.91 Å². The first kappa shape index (κ1) is 19.9. The first-order valence-corrected chi connectivity index (χ1v) is 8.57. The molecule has 2 aromatic heterocycles. The Morgan fingerprint density at radius 2 is 2.15 bits per heavy atom. The van der Waals surface area contributed by atoms with E-state index in [0.29, 0.717) is 12.6 Å². The number of nitrogens with one attached hydrogen (secondary N) is 2. The zero-order valence-corrected chi connectivity index (χ0v) is 14.3. The van der Waals surface area contributed by atoms with Gasteiger partial charge in [0.05, 0.1) is 11.7 Å². The normalized spacial score (nSPS) is 16.2. The fourth-order valence-corrected chi connectivity index (χ4v) is 2.97. The highest BCUT2D eigenvalue weighted by Gasteiger charge is 2.38. The van der Waals surface area contributed by atoms with Crippen LogP contribution in [0.2, 0.25) is 0 Å². The highest BCUT2D eigenvalue weighted by atomic mass is 32.1. The molecule has 0 bridgehead atoms. The molecule has 0 aliphatic carbocycles. The molecule has 1 atom stereocenters. The Morgan fingerprint density at radius 1 is 1.42 bits per heavy atom. The Balaban J connectivity index is 0.000000298. The van der Waals surface area contributed by atoms with Crippen LogP contribution in [0, 0.1) is 0 Å². The van der Waals surface area contributed by atoms with E-state index in [9.17, 15) is 18.0 Å². The van der Waals surface area contributed by atoms with Crippen molar-refractivity contribution in [3.05, 3.63) is 40.3 Å². The number of carboxylic acid groups (broad SMARTS) is 1. The number of fused-ring (bicyclic) bond motifs is 1. The van der Waals surface area contributed by atoms with Gasteiger partial charge < -0.3 is 15.7 Å². The maximum atomic E-state index is 11.8. The Hall–Kier alpha value is -2.40. The van der Waals surface area contributed by atoms with Gasteiger partial charge in [-0.05, 0) is 23.9 Å². The Bertz CT molecular complexity index is 731. The predicted octanol–water partition coefficient (Wildman–Crippen LogP) is 2.04. The number of carbonyl (C=O) groups excluding carboxylic acids is 1. The van der Waals surface area contributed by atoms with Crippen LogP contribution in [-0.4, -0.2) is 46.0 Å². The maximum Gasteiger partial charge on any atom is 0.490 e. The average molecular weight is 390 g/mol. The number of amides is 1. The fourth-order valence-electron chi connectivity index (χ4n) is 2.34. The minimum Gasteiger partial charge on any atom is -0.475 e. The van der Waals surface area contributed by atoms with Gasteiger partial charge >= 0.3 is 12.1 Å². The SMILES string of the molecule is O=C(NCCC1CNCc2ccnn21)c1ccsc1.O=C(O)C(F)(F)F. The minimum absolute atomic E-state index is 0.00528. The number of thiophene rings is 1. The van der Waals surface area contributed by atoms with Crippen LogP contribution < -0.4 is 10.6 Å². The van der Waals surface area contributed by atoms with Crippen molar-refractivity contribution in [1.29, 1.82) is 0 Å². The van der Waals surface area contributed by atoms with E-state index in [1.807, 2.05) is 29.1 Å². The fraction of sp³-hybridized carbons (Fsp3) is 0.400. The monoisotopic (exact) mass is 390 g/mol. The number of carboxylic acids is 1. The molecule has 0 spiro atoms. The number of hydrogen-bond donors (Lipinski definition) is 3. The molecule has 26 heavy (non-hydrogen) atoms. The maximum absolute atomic E-state index is 11.8. The summed E-state index contributed by atoms with van der Waals surface area (Å²) in [7, 11) is 0. The van der Waals surface area contributed by atoms with Gasteiger partial charge in [-0.15, -0.1) is 0 Å². The molecule has 11 heteroatoms. The summed E-state index contributed by atoms with van der Waals surface area (Å²) in [5, 5.41) is 21.6. The van der Waals surface area contributed by atoms with Crippen molar-refractivity contribution in [2.24, 2.45) is 0 Å². The predicted molar refractivity (Wildman–Crippen MR) is 87.9 cm³/mol. The molecule has 7 nitrogen and oxygen atoms in total. The number of aliphatic carboxylic acids is 1. The third-order valence-corrected chi connectivity index (χ3v) is 4.26. The van der Waals surface area contributed by atoms with Crippen molar-refractivity contribution >= 4 is 23.2 Å². The van der Waals surface area contributed by atoms with Crippen molar-refractivity contribution in [2.75, 3.05) is 13.1 Å². The number of alkyl halides is 3. The van der Waals surface area contributed by atoms with Gasteiger partial charge in [-0.3, -0.25) is 9.48 Å². The number of hydrogen-bond acceptors (Lipinski definition) is 5. The van der Waals surface area contributed by atoms with Gasteiger partial charge in [-0.1, -0.05) is 0 Å². The quantitative estimate of drug-likeness (QED) is 0.743. The zero-order chi connectivity index (χ0) is 19.2. The lowest BCUT2D eigenvalue weighted by Crippen LogP contribution is -2.36. The van der Waals surface area contributed by atoms with Crippen LogP contribution in [0.1, 0.15) is 28.5 Å². The molecule has 0 radical (unpaired) electrons. The summed E-state index contributed by atoms with van der Waals surface area (Å²) in [5.74, 6) is -2.75. The van der Waals surface area contributed by atoms with Gasteiger partial charge in [0.15, 0.2) is 0 Å². The lowest BCUT2D eigenvalue weighted by molar-refractivity contribution is -0.192. The number of carbonyl (C=O) groups is 2. The van der Waals surface area contributed by atoms with Crippen molar-refractivity contribution in [3.8, 4) is 0 Å². The Kier molecular flexibility index (Phi) is 6.75. The van der Waals surface area contributed by atoms with Crippen LogP contribution in [0.15, 0.2) is 29.1 Å². The number of nitrogens with zero attached hydrogens (tertiary/aromatic N) is 2. The number of halogens is 3. The van der Waals surface area contributed by atoms with E-state index >= 15 is 0 Å². The summed E-state index contributed by atoms with van der Waals surface area (Å²) in [6, 6.07) is 4.19. The molecule has 1 aliphatic rings. The van der Waals surface area contributed by atoms with Crippen LogP contribution >= 0.6 is 11.3 Å². The first-order valence-electron chi connectivity index (χ1n) is 7.62. The smallest absolute Gasteiger partial charge is 0.475 e. The standard InChI is InChI=1S/C13H16N4OS.C2HF3O2/c18-13(10-3-6-19-9-10)15-4-1-11-7-14-8-12-2-5-16-17(11)12;3-2(4,5)1(6)7/h2-3,5-6,9,11,14H,1,4,7-8H2,(H,15,18);(H,6,7). The van der Waals surface area contributed by atoms with Gasteiger partial charge in [0.1, 0.15) is 0 Å². The minimum atomic E-state index is -5.08. The van der Waals surface area contributed by atoms with Gasteiger partial charge in [0, 0.05) is 36.8 Å². The van der Waals surface area contributed by atoms with E-state index in [4.69, 9.17) is 9.90 Å². The topological polar surface area (TPSA) is 96.3 Å². The van der Waals surface area contributed by atoms with Gasteiger partial charge in [0.2, 0.25) is 0 Å². The molecule has 3 N–H and O–H groups in total. The molecule has 0 fully saturated rings. The summed E-state index contributed by atoms with van der Waals surface area (Å²) in [6.07, 6.45) is -2.36. The van der Waals surface area contributed by atoms with Crippen LogP contribution in [0.4, 0.5) is 13.2 Å². The molecule has 3 heterocycles. The molecule has 1 amide bonds. The van der Waals surface area contributed by atoms with Gasteiger partial charge in [-0.2, -0.15) is 29.6 Å². The van der Waals surface area contributed by atoms with Crippen molar-refractivity contribution < 1.29 is 27.9 Å².